The van der Waals surface area contributed by atoms with Crippen molar-refractivity contribution in [1.29, 1.82) is 0 Å². The van der Waals surface area contributed by atoms with Gasteiger partial charge in [0.05, 0.1) is 16.7 Å². The Bertz CT molecular complexity index is 3750. The van der Waals surface area contributed by atoms with E-state index in [0.717, 1.165) is 17.1 Å². The smallest absolute Gasteiger partial charge is 0.0561 e. The Morgan fingerprint density at radius 1 is 0.448 bits per heavy atom. The third kappa shape index (κ3) is 5.68. The van der Waals surface area contributed by atoms with Crippen molar-refractivity contribution in [2.45, 2.75) is 64.7 Å². The first kappa shape index (κ1) is 40.1. The molecule has 0 N–H and O–H groups in total. The zero-order valence-corrected chi connectivity index (χ0v) is 40.0. The summed E-state index contributed by atoms with van der Waals surface area (Å²) >= 11 is 1.88. The van der Waals surface area contributed by atoms with E-state index in [9.17, 15) is 0 Å². The second kappa shape index (κ2) is 14.2. The van der Waals surface area contributed by atoms with Crippen LogP contribution in [-0.4, -0.2) is 4.57 Å². The van der Waals surface area contributed by atoms with Gasteiger partial charge in [-0.25, -0.2) is 0 Å². The van der Waals surface area contributed by atoms with Crippen molar-refractivity contribution in [1.82, 2.24) is 4.57 Å². The second-order valence-corrected chi connectivity index (χ2v) is 22.0. The molecular weight excluding hydrogens is 829 g/mol. The molecule has 9 aromatic carbocycles. The standard InChI is InChI=1S/C64H52N2S/c1-62(2,3)58-56-48-23-11-15-25-50(48)63(4,5)59(56)61(60-57(58)49-24-12-16-26-51(49)64(60,6)7)65(42-32-29-39(30-33-42)40-31-35-47-46-22-14-18-28-54(46)67-55(47)37-40)43-34-36-45-44-21-13-17-27-52(44)66(53(45)38-43)41-19-9-8-10-20-41/h8-38H,1-7H3. The fraction of sp³-hybridized carbons (Fsp3) is 0.156. The third-order valence-corrected chi connectivity index (χ3v) is 16.3. The molecule has 0 unspecified atom stereocenters. The lowest BCUT2D eigenvalue weighted by atomic mass is 9.71. The number of hydrogen-bond acceptors (Lipinski definition) is 2. The molecule has 0 amide bonds. The monoisotopic (exact) mass is 880 g/mol. The van der Waals surface area contributed by atoms with E-state index in [4.69, 9.17) is 0 Å². The third-order valence-electron chi connectivity index (χ3n) is 15.2. The van der Waals surface area contributed by atoms with Gasteiger partial charge in [0, 0.05) is 58.8 Å². The first-order valence-corrected chi connectivity index (χ1v) is 24.6. The average Bonchev–Trinajstić information content (AvgIpc) is 4.02. The second-order valence-electron chi connectivity index (χ2n) is 20.9. The minimum absolute atomic E-state index is 0.148. The molecule has 2 aliphatic carbocycles. The van der Waals surface area contributed by atoms with Gasteiger partial charge in [-0.1, -0.05) is 182 Å². The molecule has 3 heteroatoms. The summed E-state index contributed by atoms with van der Waals surface area (Å²) in [5.41, 5.74) is 21.3. The maximum absolute atomic E-state index is 2.65. The topological polar surface area (TPSA) is 8.17 Å². The van der Waals surface area contributed by atoms with Crippen molar-refractivity contribution >= 4 is 70.4 Å². The average molecular weight is 881 g/mol. The van der Waals surface area contributed by atoms with E-state index in [1.54, 1.807) is 0 Å². The van der Waals surface area contributed by atoms with Crippen LogP contribution >= 0.6 is 11.3 Å². The quantitative estimate of drug-likeness (QED) is 0.167. The van der Waals surface area contributed by atoms with E-state index in [-0.39, 0.29) is 16.2 Å². The molecular formula is C64H52N2S. The van der Waals surface area contributed by atoms with Gasteiger partial charge in [-0.2, -0.15) is 0 Å². The molecule has 0 aliphatic heterocycles. The Labute approximate surface area is 397 Å². The molecule has 2 nitrogen and oxygen atoms in total. The highest BCUT2D eigenvalue weighted by Crippen LogP contribution is 2.66. The molecule has 67 heavy (non-hydrogen) atoms. The van der Waals surface area contributed by atoms with Crippen LogP contribution in [0.3, 0.4) is 0 Å². The Balaban J connectivity index is 1.14. The Kier molecular flexibility index (Phi) is 8.47. The Morgan fingerprint density at radius 2 is 0.970 bits per heavy atom. The van der Waals surface area contributed by atoms with Gasteiger partial charge in [0.1, 0.15) is 0 Å². The van der Waals surface area contributed by atoms with Crippen LogP contribution in [0.2, 0.25) is 0 Å². The fourth-order valence-corrected chi connectivity index (χ4v) is 13.4. The first-order chi connectivity index (χ1) is 32.4. The predicted octanol–water partition coefficient (Wildman–Crippen LogP) is 18.2. The van der Waals surface area contributed by atoms with Gasteiger partial charge in [0.25, 0.3) is 0 Å². The van der Waals surface area contributed by atoms with Gasteiger partial charge < -0.3 is 9.47 Å². The summed E-state index contributed by atoms with van der Waals surface area (Å²) in [6.07, 6.45) is 0. The Morgan fingerprint density at radius 3 is 1.64 bits per heavy atom. The summed E-state index contributed by atoms with van der Waals surface area (Å²) in [7, 11) is 0. The molecule has 0 saturated carbocycles. The van der Waals surface area contributed by atoms with Gasteiger partial charge in [-0.3, -0.25) is 0 Å². The van der Waals surface area contributed by atoms with E-state index >= 15 is 0 Å². The van der Waals surface area contributed by atoms with Crippen molar-refractivity contribution in [2.24, 2.45) is 0 Å². The number of benzene rings is 9. The number of anilines is 3. The number of aromatic nitrogens is 1. The molecule has 0 radical (unpaired) electrons. The van der Waals surface area contributed by atoms with Crippen molar-refractivity contribution in [2.75, 3.05) is 4.90 Å². The van der Waals surface area contributed by atoms with Gasteiger partial charge in [-0.05, 0) is 121 Å². The normalized spacial score (nSPS) is 14.4. The van der Waals surface area contributed by atoms with Crippen LogP contribution in [0.5, 0.6) is 0 Å². The summed E-state index contributed by atoms with van der Waals surface area (Å²) in [4.78, 5) is 2.65. The highest BCUT2D eigenvalue weighted by atomic mass is 32.1. The van der Waals surface area contributed by atoms with Crippen molar-refractivity contribution < 1.29 is 0 Å². The number of rotatable bonds is 5. The fourth-order valence-electron chi connectivity index (χ4n) is 12.3. The molecule has 0 atom stereocenters. The molecule has 0 fully saturated rings. The van der Waals surface area contributed by atoms with E-state index in [1.807, 2.05) is 11.3 Å². The maximum Gasteiger partial charge on any atom is 0.0561 e. The molecule has 0 bridgehead atoms. The molecule has 324 valence electrons. The summed E-state index contributed by atoms with van der Waals surface area (Å²) < 4.78 is 5.10. The van der Waals surface area contributed by atoms with Gasteiger partial charge in [0.15, 0.2) is 0 Å². The van der Waals surface area contributed by atoms with Crippen LogP contribution in [-0.2, 0) is 16.2 Å². The molecule has 2 heterocycles. The summed E-state index contributed by atoms with van der Waals surface area (Å²) in [6.45, 7) is 17.1. The molecule has 2 aromatic heterocycles. The van der Waals surface area contributed by atoms with Gasteiger partial charge in [0.2, 0.25) is 0 Å². The SMILES string of the molecule is CC(C)(C)c1c2c(c(N(c3ccc(-c4ccc5c(c4)sc4ccccc45)cc3)c3ccc4c5ccccc5n(-c5ccccc5)c4c3)c3c1-c1ccccc1C3(C)C)C(C)(C)c1ccccc1-2. The Hall–Kier alpha value is -7.20. The van der Waals surface area contributed by atoms with Crippen LogP contribution in [0.25, 0.3) is 81.0 Å². The predicted molar refractivity (Wildman–Crippen MR) is 288 cm³/mol. The molecule has 0 saturated heterocycles. The van der Waals surface area contributed by atoms with Crippen LogP contribution in [0, 0.1) is 0 Å². The first-order valence-electron chi connectivity index (χ1n) is 23.8. The summed E-state index contributed by atoms with van der Waals surface area (Å²) in [5.74, 6) is 0. The summed E-state index contributed by atoms with van der Waals surface area (Å²) in [6, 6.07) is 70.7. The lowest BCUT2D eigenvalue weighted by Gasteiger charge is -2.39. The van der Waals surface area contributed by atoms with Crippen LogP contribution in [0.15, 0.2) is 188 Å². The minimum Gasteiger partial charge on any atom is -0.310 e. The van der Waals surface area contributed by atoms with Gasteiger partial charge >= 0.3 is 0 Å². The summed E-state index contributed by atoms with van der Waals surface area (Å²) in [5, 5.41) is 5.15. The molecule has 0 spiro atoms. The lowest BCUT2D eigenvalue weighted by molar-refractivity contribution is 0.587. The van der Waals surface area contributed by atoms with Crippen molar-refractivity contribution in [3.05, 3.63) is 216 Å². The van der Waals surface area contributed by atoms with Crippen molar-refractivity contribution in [3.8, 4) is 39.1 Å². The zero-order chi connectivity index (χ0) is 45.6. The number of thiophene rings is 1. The molecule has 11 aromatic rings. The number of fused-ring (bicyclic) bond motifs is 12. The van der Waals surface area contributed by atoms with Gasteiger partial charge in [-0.15, -0.1) is 11.3 Å². The van der Waals surface area contributed by atoms with Crippen LogP contribution < -0.4 is 4.90 Å². The number of hydrogen-bond donors (Lipinski definition) is 0. The van der Waals surface area contributed by atoms with E-state index in [1.165, 1.54) is 109 Å². The van der Waals surface area contributed by atoms with Crippen LogP contribution in [0.1, 0.15) is 76.3 Å². The minimum atomic E-state index is -0.304. The van der Waals surface area contributed by atoms with E-state index in [2.05, 4.69) is 246 Å². The van der Waals surface area contributed by atoms with Crippen LogP contribution in [0.4, 0.5) is 17.1 Å². The lowest BCUT2D eigenvalue weighted by Crippen LogP contribution is -2.27. The molecule has 13 rings (SSSR count). The number of para-hydroxylation sites is 2. The highest BCUT2D eigenvalue weighted by Gasteiger charge is 2.50. The van der Waals surface area contributed by atoms with Crippen molar-refractivity contribution in [3.63, 3.8) is 0 Å². The zero-order valence-electron chi connectivity index (χ0n) is 39.2. The number of nitrogens with zero attached hydrogens (tertiary/aromatic N) is 2. The largest absolute Gasteiger partial charge is 0.310 e. The van der Waals surface area contributed by atoms with E-state index < -0.39 is 0 Å². The maximum atomic E-state index is 2.65. The van der Waals surface area contributed by atoms with E-state index in [0.29, 0.717) is 0 Å². The highest BCUT2D eigenvalue weighted by molar-refractivity contribution is 7.25. The molecule has 2 aliphatic rings.